The summed E-state index contributed by atoms with van der Waals surface area (Å²) in [7, 11) is 0. The Labute approximate surface area is 180 Å². The SMILES string of the molecule is CCOC(C)=NOCCCCNC(=O)[C@@]1(CCCCC(=O)O)SC[C@@H]2NC(=O)N[C@@H]21. The fourth-order valence-electron chi connectivity index (χ4n) is 3.67. The van der Waals surface area contributed by atoms with Crippen molar-refractivity contribution in [1.29, 1.82) is 0 Å². The molecule has 2 aliphatic rings. The zero-order chi connectivity index (χ0) is 22.0. The number of urea groups is 1. The maximum Gasteiger partial charge on any atom is 0.315 e. The average Bonchev–Trinajstić information content (AvgIpc) is 3.22. The second-order valence-corrected chi connectivity index (χ2v) is 8.69. The Balaban J connectivity index is 1.81. The van der Waals surface area contributed by atoms with Crippen LogP contribution in [0.2, 0.25) is 0 Å². The van der Waals surface area contributed by atoms with Gasteiger partial charge in [0.05, 0.1) is 18.7 Å². The van der Waals surface area contributed by atoms with E-state index in [1.165, 1.54) is 11.8 Å². The molecule has 3 atom stereocenters. The van der Waals surface area contributed by atoms with Crippen LogP contribution in [-0.4, -0.2) is 71.3 Å². The van der Waals surface area contributed by atoms with E-state index in [1.807, 2.05) is 6.92 Å². The Kier molecular flexibility index (Phi) is 9.54. The number of carboxylic acid groups (broad SMARTS) is 1. The standard InChI is InChI=1S/C19H32N4O6S/c1-3-28-13(2)23-29-11-7-6-10-20-17(26)19(9-5-4-8-15(24)25)16-14(12-30-19)21-18(27)22-16/h14,16H,3-12H2,1-2H3,(H,20,26)(H,24,25)(H2,21,22,27)/t14-,16-,19-/m0/s1. The van der Waals surface area contributed by atoms with Crippen LogP contribution in [0, 0.1) is 0 Å². The summed E-state index contributed by atoms with van der Waals surface area (Å²) in [5.74, 6) is 0.186. The number of nitrogens with one attached hydrogen (secondary N) is 3. The van der Waals surface area contributed by atoms with Crippen LogP contribution in [0.5, 0.6) is 0 Å². The second kappa shape index (κ2) is 11.9. The van der Waals surface area contributed by atoms with E-state index in [0.717, 1.165) is 12.8 Å². The summed E-state index contributed by atoms with van der Waals surface area (Å²) in [6.45, 7) is 5.06. The van der Waals surface area contributed by atoms with Gasteiger partial charge < -0.3 is 30.6 Å². The molecule has 0 aliphatic carbocycles. The molecule has 4 N–H and O–H groups in total. The lowest BCUT2D eigenvalue weighted by Crippen LogP contribution is -2.56. The molecule has 30 heavy (non-hydrogen) atoms. The minimum atomic E-state index is -0.843. The highest BCUT2D eigenvalue weighted by Gasteiger charge is 2.57. The Hall–Kier alpha value is -2.17. The average molecular weight is 445 g/mol. The van der Waals surface area contributed by atoms with Crippen molar-refractivity contribution in [3.8, 4) is 0 Å². The van der Waals surface area contributed by atoms with Gasteiger partial charge in [-0.1, -0.05) is 11.6 Å². The first kappa shape index (κ1) is 24.1. The number of carbonyl (C=O) groups is 3. The predicted octanol–water partition coefficient (Wildman–Crippen LogP) is 1.45. The molecule has 10 nitrogen and oxygen atoms in total. The van der Waals surface area contributed by atoms with Gasteiger partial charge in [0, 0.05) is 25.6 Å². The van der Waals surface area contributed by atoms with Gasteiger partial charge in [-0.15, -0.1) is 11.8 Å². The smallest absolute Gasteiger partial charge is 0.315 e. The second-order valence-electron chi connectivity index (χ2n) is 7.34. The van der Waals surface area contributed by atoms with E-state index in [9.17, 15) is 14.4 Å². The van der Waals surface area contributed by atoms with Crippen molar-refractivity contribution >= 4 is 35.6 Å². The van der Waals surface area contributed by atoms with Gasteiger partial charge in [0.25, 0.3) is 0 Å². The molecule has 0 radical (unpaired) electrons. The van der Waals surface area contributed by atoms with Crippen LogP contribution >= 0.6 is 11.8 Å². The van der Waals surface area contributed by atoms with Crippen LogP contribution in [-0.2, 0) is 19.2 Å². The van der Waals surface area contributed by atoms with Crippen LogP contribution in [0.15, 0.2) is 5.16 Å². The number of hydrogen-bond donors (Lipinski definition) is 4. The van der Waals surface area contributed by atoms with E-state index in [4.69, 9.17) is 14.7 Å². The Morgan fingerprint density at radius 1 is 1.30 bits per heavy atom. The van der Waals surface area contributed by atoms with E-state index in [0.29, 0.717) is 50.7 Å². The molecule has 0 unspecified atom stereocenters. The summed E-state index contributed by atoms with van der Waals surface area (Å²) >= 11 is 1.54. The van der Waals surface area contributed by atoms with Crippen LogP contribution in [0.4, 0.5) is 4.79 Å². The molecule has 2 saturated heterocycles. The number of fused-ring (bicyclic) bond motifs is 1. The minimum absolute atomic E-state index is 0.0757. The molecule has 170 valence electrons. The number of carboxylic acids is 1. The number of thioether (sulfide) groups is 1. The third-order valence-corrected chi connectivity index (χ3v) is 6.78. The van der Waals surface area contributed by atoms with E-state index >= 15 is 0 Å². The number of unbranched alkanes of at least 4 members (excludes halogenated alkanes) is 2. The minimum Gasteiger partial charge on any atom is -0.481 e. The van der Waals surface area contributed by atoms with E-state index in [1.54, 1.807) is 6.92 Å². The normalized spacial score (nSPS) is 25.3. The maximum absolute atomic E-state index is 13.1. The van der Waals surface area contributed by atoms with Crippen molar-refractivity contribution in [3.63, 3.8) is 0 Å². The van der Waals surface area contributed by atoms with Gasteiger partial charge >= 0.3 is 12.0 Å². The lowest BCUT2D eigenvalue weighted by molar-refractivity contribution is -0.137. The predicted molar refractivity (Wildman–Crippen MR) is 113 cm³/mol. The first-order valence-corrected chi connectivity index (χ1v) is 11.4. The summed E-state index contributed by atoms with van der Waals surface area (Å²) in [4.78, 5) is 40.8. The molecule has 0 saturated carbocycles. The van der Waals surface area contributed by atoms with Gasteiger partial charge in [-0.3, -0.25) is 9.59 Å². The highest BCUT2D eigenvalue weighted by Crippen LogP contribution is 2.44. The molecule has 11 heteroatoms. The summed E-state index contributed by atoms with van der Waals surface area (Å²) in [6, 6.07) is -0.639. The topological polar surface area (TPSA) is 138 Å². The van der Waals surface area contributed by atoms with Crippen molar-refractivity contribution < 1.29 is 29.1 Å². The largest absolute Gasteiger partial charge is 0.481 e. The fraction of sp³-hybridized carbons (Fsp3) is 0.789. The van der Waals surface area contributed by atoms with E-state index in [-0.39, 0.29) is 30.4 Å². The molecule has 0 aromatic rings. The van der Waals surface area contributed by atoms with Crippen molar-refractivity contribution in [2.24, 2.45) is 5.16 Å². The molecular weight excluding hydrogens is 412 g/mol. The maximum atomic E-state index is 13.1. The summed E-state index contributed by atoms with van der Waals surface area (Å²) in [5.41, 5.74) is 0. The third kappa shape index (κ3) is 6.68. The molecule has 2 heterocycles. The van der Waals surface area contributed by atoms with E-state index in [2.05, 4.69) is 21.1 Å². The van der Waals surface area contributed by atoms with Gasteiger partial charge in [-0.2, -0.15) is 0 Å². The Morgan fingerprint density at radius 3 is 2.83 bits per heavy atom. The van der Waals surface area contributed by atoms with Gasteiger partial charge in [0.1, 0.15) is 11.4 Å². The highest BCUT2D eigenvalue weighted by atomic mass is 32.2. The number of ether oxygens (including phenoxy) is 1. The fourth-order valence-corrected chi connectivity index (χ4v) is 5.32. The summed E-state index contributed by atoms with van der Waals surface area (Å²) in [6.07, 6.45) is 3.17. The van der Waals surface area contributed by atoms with Crippen LogP contribution < -0.4 is 16.0 Å². The molecular formula is C19H32N4O6S. The lowest BCUT2D eigenvalue weighted by Gasteiger charge is -2.32. The molecule has 2 rings (SSSR count). The Morgan fingerprint density at radius 2 is 2.10 bits per heavy atom. The molecule has 0 aromatic heterocycles. The quantitative estimate of drug-likeness (QED) is 0.111. The first-order chi connectivity index (χ1) is 14.4. The number of rotatable bonds is 13. The van der Waals surface area contributed by atoms with Crippen molar-refractivity contribution in [2.75, 3.05) is 25.5 Å². The molecule has 3 amide bonds. The summed E-state index contributed by atoms with van der Waals surface area (Å²) < 4.78 is 4.38. The molecule has 0 aromatic carbocycles. The number of amides is 3. The van der Waals surface area contributed by atoms with E-state index < -0.39 is 10.7 Å². The number of nitrogens with zero attached hydrogens (tertiary/aromatic N) is 1. The van der Waals surface area contributed by atoms with Crippen LogP contribution in [0.1, 0.15) is 52.4 Å². The highest BCUT2D eigenvalue weighted by molar-refractivity contribution is 8.01. The van der Waals surface area contributed by atoms with Crippen LogP contribution in [0.25, 0.3) is 0 Å². The number of carbonyl (C=O) groups excluding carboxylic acids is 2. The summed E-state index contributed by atoms with van der Waals surface area (Å²) in [5, 5.41) is 21.4. The third-order valence-electron chi connectivity index (χ3n) is 5.10. The monoisotopic (exact) mass is 444 g/mol. The molecule has 2 fully saturated rings. The molecule has 2 aliphatic heterocycles. The van der Waals surface area contributed by atoms with Gasteiger partial charge in [-0.05, 0) is 32.6 Å². The van der Waals surface area contributed by atoms with Gasteiger partial charge in [-0.25, -0.2) is 4.79 Å². The van der Waals surface area contributed by atoms with Gasteiger partial charge in [0.2, 0.25) is 11.8 Å². The number of hydrogen-bond acceptors (Lipinski definition) is 7. The van der Waals surface area contributed by atoms with Crippen molar-refractivity contribution in [2.45, 2.75) is 69.2 Å². The van der Waals surface area contributed by atoms with Gasteiger partial charge in [0.15, 0.2) is 0 Å². The first-order valence-electron chi connectivity index (χ1n) is 10.4. The van der Waals surface area contributed by atoms with Crippen LogP contribution in [0.3, 0.4) is 0 Å². The lowest BCUT2D eigenvalue weighted by atomic mass is 9.88. The molecule has 0 spiro atoms. The zero-order valence-corrected chi connectivity index (χ0v) is 18.4. The number of oxime groups is 1. The Bertz CT molecular complexity index is 647. The van der Waals surface area contributed by atoms with Crippen molar-refractivity contribution in [3.05, 3.63) is 0 Å². The van der Waals surface area contributed by atoms with Crippen molar-refractivity contribution in [1.82, 2.24) is 16.0 Å². The number of aliphatic carboxylic acids is 1. The molecule has 0 bridgehead atoms. The zero-order valence-electron chi connectivity index (χ0n) is 17.6.